The number of amides is 6. The van der Waals surface area contributed by atoms with Gasteiger partial charge in [0.25, 0.3) is 5.91 Å². The molecule has 168 valence electrons. The summed E-state index contributed by atoms with van der Waals surface area (Å²) in [5.41, 5.74) is 0.993. The van der Waals surface area contributed by atoms with E-state index in [0.29, 0.717) is 23.4 Å². The SMILES string of the molecule is CC1=C(C(=O)O)N2C(=O)C(NC(=O)C(NC(=O)N3CCNC3=O)c3ccccc3)[C@@H]2SC1. The highest BCUT2D eigenvalue weighted by molar-refractivity contribution is 8.00. The number of β-lactam (4-membered cyclic amide) rings is 1. The van der Waals surface area contributed by atoms with Gasteiger partial charge >= 0.3 is 18.0 Å². The second-order valence-corrected chi connectivity index (χ2v) is 8.61. The van der Waals surface area contributed by atoms with E-state index < -0.39 is 47.3 Å². The van der Waals surface area contributed by atoms with Crippen molar-refractivity contribution in [1.29, 1.82) is 0 Å². The summed E-state index contributed by atoms with van der Waals surface area (Å²) in [7, 11) is 0. The molecule has 11 nitrogen and oxygen atoms in total. The van der Waals surface area contributed by atoms with Crippen LogP contribution in [0.15, 0.2) is 41.6 Å². The van der Waals surface area contributed by atoms with Gasteiger partial charge in [0.2, 0.25) is 5.91 Å². The zero-order valence-corrected chi connectivity index (χ0v) is 17.8. The Labute approximate surface area is 187 Å². The number of hydrogen-bond donors (Lipinski definition) is 4. The Morgan fingerprint density at radius 3 is 2.56 bits per heavy atom. The molecular formula is C20H21N5O6S. The van der Waals surface area contributed by atoms with Crippen molar-refractivity contribution in [2.75, 3.05) is 18.8 Å². The Kier molecular flexibility index (Phi) is 5.78. The lowest BCUT2D eigenvalue weighted by Gasteiger charge is -2.49. The van der Waals surface area contributed by atoms with Crippen molar-refractivity contribution in [2.24, 2.45) is 0 Å². The summed E-state index contributed by atoms with van der Waals surface area (Å²) < 4.78 is 0. The van der Waals surface area contributed by atoms with Crippen LogP contribution in [-0.4, -0.2) is 75.0 Å². The van der Waals surface area contributed by atoms with Gasteiger partial charge in [-0.1, -0.05) is 30.3 Å². The summed E-state index contributed by atoms with van der Waals surface area (Å²) in [6.45, 7) is 2.15. The maximum absolute atomic E-state index is 13.1. The summed E-state index contributed by atoms with van der Waals surface area (Å²) in [6.07, 6.45) is 0. The van der Waals surface area contributed by atoms with Crippen LogP contribution in [0.4, 0.5) is 9.59 Å². The van der Waals surface area contributed by atoms with Crippen molar-refractivity contribution in [1.82, 2.24) is 25.8 Å². The molecule has 1 aromatic carbocycles. The van der Waals surface area contributed by atoms with Gasteiger partial charge in [-0.15, -0.1) is 11.8 Å². The van der Waals surface area contributed by atoms with E-state index in [1.54, 1.807) is 37.3 Å². The number of aliphatic carboxylic acids is 1. The molecule has 0 aromatic heterocycles. The average Bonchev–Trinajstić information content (AvgIpc) is 3.21. The van der Waals surface area contributed by atoms with E-state index in [2.05, 4.69) is 16.0 Å². The zero-order chi connectivity index (χ0) is 23.0. The summed E-state index contributed by atoms with van der Waals surface area (Å²) in [4.78, 5) is 63.9. The molecule has 6 amide bonds. The van der Waals surface area contributed by atoms with Crippen LogP contribution in [0.2, 0.25) is 0 Å². The average molecular weight is 459 g/mol. The van der Waals surface area contributed by atoms with Crippen LogP contribution in [-0.2, 0) is 14.4 Å². The lowest BCUT2D eigenvalue weighted by atomic mass is 10.0. The summed E-state index contributed by atoms with van der Waals surface area (Å²) in [5, 5.41) is 16.6. The predicted octanol–water partition coefficient (Wildman–Crippen LogP) is 0.221. The van der Waals surface area contributed by atoms with Crippen LogP contribution in [0, 0.1) is 0 Å². The van der Waals surface area contributed by atoms with Crippen LogP contribution >= 0.6 is 11.8 Å². The minimum absolute atomic E-state index is 0.0581. The number of carbonyl (C=O) groups excluding carboxylic acids is 4. The molecule has 2 unspecified atom stereocenters. The molecule has 0 aliphatic carbocycles. The van der Waals surface area contributed by atoms with E-state index in [-0.39, 0.29) is 12.2 Å². The highest BCUT2D eigenvalue weighted by Gasteiger charge is 2.54. The Bertz CT molecular complexity index is 1030. The van der Waals surface area contributed by atoms with E-state index in [1.807, 2.05) is 0 Å². The van der Waals surface area contributed by atoms with Crippen molar-refractivity contribution < 1.29 is 29.1 Å². The molecule has 3 atom stereocenters. The van der Waals surface area contributed by atoms with Crippen LogP contribution in [0.25, 0.3) is 0 Å². The van der Waals surface area contributed by atoms with Gasteiger partial charge < -0.3 is 21.1 Å². The number of hydrogen-bond acceptors (Lipinski definition) is 6. The van der Waals surface area contributed by atoms with E-state index in [4.69, 9.17) is 0 Å². The van der Waals surface area contributed by atoms with E-state index in [9.17, 15) is 29.1 Å². The molecule has 0 spiro atoms. The number of nitrogens with zero attached hydrogens (tertiary/aromatic N) is 2. The molecular weight excluding hydrogens is 438 g/mol. The molecule has 0 saturated carbocycles. The molecule has 2 saturated heterocycles. The van der Waals surface area contributed by atoms with E-state index in [0.717, 1.165) is 4.90 Å². The maximum atomic E-state index is 13.1. The van der Waals surface area contributed by atoms with E-state index in [1.165, 1.54) is 16.7 Å². The van der Waals surface area contributed by atoms with Gasteiger partial charge in [-0.3, -0.25) is 14.5 Å². The smallest absolute Gasteiger partial charge is 0.352 e. The highest BCUT2D eigenvalue weighted by atomic mass is 32.2. The third-order valence-corrected chi connectivity index (χ3v) is 6.85. The fraction of sp³-hybridized carbons (Fsp3) is 0.350. The van der Waals surface area contributed by atoms with Gasteiger partial charge in [0.1, 0.15) is 23.2 Å². The number of benzene rings is 1. The van der Waals surface area contributed by atoms with E-state index >= 15 is 0 Å². The highest BCUT2D eigenvalue weighted by Crippen LogP contribution is 2.40. The number of carboxylic acids is 1. The standard InChI is InChI=1S/C20H21N5O6S/c1-10-9-32-17-13(16(27)25(17)14(10)18(28)29)22-15(26)12(11-5-3-2-4-6-11)23-20(31)24-8-7-21-19(24)30/h2-6,12-13,17H,7-9H2,1H3,(H,21,30)(H,22,26)(H,23,31)(H,28,29)/t12?,13?,17-/m0/s1. The van der Waals surface area contributed by atoms with Crippen molar-refractivity contribution in [3.63, 3.8) is 0 Å². The number of nitrogens with one attached hydrogen (secondary N) is 3. The summed E-state index contributed by atoms with van der Waals surface area (Å²) >= 11 is 1.36. The van der Waals surface area contributed by atoms with Gasteiger partial charge in [-0.05, 0) is 18.1 Å². The Morgan fingerprint density at radius 1 is 1.22 bits per heavy atom. The Morgan fingerprint density at radius 2 is 1.94 bits per heavy atom. The van der Waals surface area contributed by atoms with Gasteiger partial charge in [0, 0.05) is 18.8 Å². The first-order chi connectivity index (χ1) is 15.3. The quantitative estimate of drug-likeness (QED) is 0.461. The molecule has 0 radical (unpaired) electrons. The second-order valence-electron chi connectivity index (χ2n) is 7.51. The first kappa shape index (κ1) is 21.7. The lowest BCUT2D eigenvalue weighted by molar-refractivity contribution is -0.151. The molecule has 0 bridgehead atoms. The van der Waals surface area contributed by atoms with Crippen molar-refractivity contribution in [2.45, 2.75) is 24.4 Å². The molecule has 3 aliphatic rings. The number of carbonyl (C=O) groups is 5. The molecule has 1 aromatic rings. The second kappa shape index (κ2) is 8.54. The molecule has 4 N–H and O–H groups in total. The number of urea groups is 2. The molecule has 4 rings (SSSR count). The monoisotopic (exact) mass is 459 g/mol. The number of fused-ring (bicyclic) bond motifs is 1. The fourth-order valence-electron chi connectivity index (χ4n) is 3.82. The first-order valence-electron chi connectivity index (χ1n) is 9.88. The molecule has 2 fully saturated rings. The number of rotatable bonds is 5. The maximum Gasteiger partial charge on any atom is 0.352 e. The van der Waals surface area contributed by atoms with Crippen molar-refractivity contribution in [3.05, 3.63) is 47.2 Å². The topological polar surface area (TPSA) is 148 Å². The van der Waals surface area contributed by atoms with Crippen LogP contribution in [0.1, 0.15) is 18.5 Å². The van der Waals surface area contributed by atoms with Gasteiger partial charge in [0.05, 0.1) is 0 Å². The lowest BCUT2D eigenvalue weighted by Crippen LogP contribution is -2.71. The molecule has 12 heteroatoms. The van der Waals surface area contributed by atoms with Gasteiger partial charge in [0.15, 0.2) is 0 Å². The number of thioether (sulfide) groups is 1. The predicted molar refractivity (Wildman–Crippen MR) is 113 cm³/mol. The fourth-order valence-corrected chi connectivity index (χ4v) is 5.12. The number of carboxylic acid groups (broad SMARTS) is 1. The third kappa shape index (κ3) is 3.77. The largest absolute Gasteiger partial charge is 0.477 e. The molecule has 3 aliphatic heterocycles. The molecule has 3 heterocycles. The molecule has 32 heavy (non-hydrogen) atoms. The summed E-state index contributed by atoms with van der Waals surface area (Å²) in [5.74, 6) is -1.93. The number of imide groups is 1. The summed E-state index contributed by atoms with van der Waals surface area (Å²) in [6, 6.07) is 5.08. The Hall–Kier alpha value is -3.54. The zero-order valence-electron chi connectivity index (χ0n) is 17.0. The van der Waals surface area contributed by atoms with Crippen molar-refractivity contribution >= 4 is 41.6 Å². The first-order valence-corrected chi connectivity index (χ1v) is 10.9. The van der Waals surface area contributed by atoms with Crippen LogP contribution in [0.5, 0.6) is 0 Å². The third-order valence-electron chi connectivity index (χ3n) is 5.42. The van der Waals surface area contributed by atoms with Crippen molar-refractivity contribution in [3.8, 4) is 0 Å². The minimum Gasteiger partial charge on any atom is -0.477 e. The van der Waals surface area contributed by atoms with Gasteiger partial charge in [-0.2, -0.15) is 0 Å². The normalized spacial score (nSPS) is 23.2. The Balaban J connectivity index is 1.51. The minimum atomic E-state index is -1.19. The van der Waals surface area contributed by atoms with Crippen LogP contribution < -0.4 is 16.0 Å². The van der Waals surface area contributed by atoms with Crippen LogP contribution in [0.3, 0.4) is 0 Å². The van der Waals surface area contributed by atoms with Gasteiger partial charge in [-0.25, -0.2) is 19.3 Å².